The molecule has 0 aliphatic rings. The molecule has 0 aliphatic carbocycles. The van der Waals surface area contributed by atoms with Gasteiger partial charge < -0.3 is 0 Å². The molecule has 0 atom stereocenters. The minimum absolute atomic E-state index is 0.640. The Kier molecular flexibility index (Phi) is 5.90. The Labute approximate surface area is 152 Å². The van der Waals surface area contributed by atoms with Crippen LogP contribution in [0.5, 0.6) is 0 Å². The lowest BCUT2D eigenvalue weighted by molar-refractivity contribution is -0.141. The molecule has 0 saturated carbocycles. The van der Waals surface area contributed by atoms with E-state index in [0.717, 1.165) is 22.8 Å². The van der Waals surface area contributed by atoms with Gasteiger partial charge in [0.1, 0.15) is 0 Å². The molecule has 0 bridgehead atoms. The normalized spacial score (nSPS) is 11.1. The van der Waals surface area contributed by atoms with Gasteiger partial charge in [-0.1, -0.05) is 44.2 Å². The third kappa shape index (κ3) is 4.15. The van der Waals surface area contributed by atoms with Crippen LogP contribution in [0, 0.1) is 20.8 Å². The lowest BCUT2D eigenvalue weighted by atomic mass is 9.99. The third-order valence-corrected chi connectivity index (χ3v) is 4.18. The number of nitrogens with zero attached hydrogens (tertiary/aromatic N) is 2. The molecule has 3 rings (SSSR count). The standard InChI is InChI=1S/C19H17F3N2.C2H6/c1-12-4-6-15(10-14(12)3)16-7-5-13(2)17(11-16)24-9-8-18(23-24)19(20,21)22;1-2/h4-11H,1-3H3;1-2H3. The Morgan fingerprint density at radius 2 is 1.35 bits per heavy atom. The van der Waals surface area contributed by atoms with Crippen LogP contribution in [0.15, 0.2) is 48.7 Å². The van der Waals surface area contributed by atoms with Crippen molar-refractivity contribution in [2.24, 2.45) is 0 Å². The van der Waals surface area contributed by atoms with Gasteiger partial charge in [0.25, 0.3) is 0 Å². The molecule has 2 aromatic carbocycles. The Bertz CT molecular complexity index is 893. The highest BCUT2D eigenvalue weighted by Crippen LogP contribution is 2.30. The first kappa shape index (κ1) is 19.8. The number of hydrogen-bond donors (Lipinski definition) is 0. The Balaban J connectivity index is 0.00000117. The first-order valence-electron chi connectivity index (χ1n) is 8.57. The zero-order valence-electron chi connectivity index (χ0n) is 15.6. The second-order valence-electron chi connectivity index (χ2n) is 5.94. The summed E-state index contributed by atoms with van der Waals surface area (Å²) in [5.74, 6) is 0. The van der Waals surface area contributed by atoms with Crippen LogP contribution >= 0.6 is 0 Å². The maximum Gasteiger partial charge on any atom is 0.435 e. The topological polar surface area (TPSA) is 17.8 Å². The van der Waals surface area contributed by atoms with E-state index in [9.17, 15) is 13.2 Å². The number of aromatic nitrogens is 2. The average Bonchev–Trinajstić information content (AvgIpc) is 3.10. The fourth-order valence-electron chi connectivity index (χ4n) is 2.57. The zero-order valence-corrected chi connectivity index (χ0v) is 15.6. The average molecular weight is 360 g/mol. The summed E-state index contributed by atoms with van der Waals surface area (Å²) in [6.45, 7) is 9.94. The maximum atomic E-state index is 12.8. The summed E-state index contributed by atoms with van der Waals surface area (Å²) in [4.78, 5) is 0. The molecule has 0 aliphatic heterocycles. The quantitative estimate of drug-likeness (QED) is 0.509. The molecule has 0 fully saturated rings. The van der Waals surface area contributed by atoms with Gasteiger partial charge in [0, 0.05) is 6.20 Å². The van der Waals surface area contributed by atoms with Crippen molar-refractivity contribution in [3.8, 4) is 16.8 Å². The molecule has 0 N–H and O–H groups in total. The number of aryl methyl sites for hydroxylation is 3. The van der Waals surface area contributed by atoms with Gasteiger partial charge in [0.15, 0.2) is 5.69 Å². The lowest BCUT2D eigenvalue weighted by Gasteiger charge is -2.11. The van der Waals surface area contributed by atoms with E-state index in [1.165, 1.54) is 22.0 Å². The number of rotatable bonds is 2. The van der Waals surface area contributed by atoms with Crippen LogP contribution in [0.25, 0.3) is 16.8 Å². The highest BCUT2D eigenvalue weighted by Gasteiger charge is 2.33. The number of benzene rings is 2. The van der Waals surface area contributed by atoms with E-state index in [4.69, 9.17) is 0 Å². The van der Waals surface area contributed by atoms with Crippen LogP contribution in [0.1, 0.15) is 36.2 Å². The summed E-state index contributed by atoms with van der Waals surface area (Å²) in [7, 11) is 0. The summed E-state index contributed by atoms with van der Waals surface area (Å²) in [6, 6.07) is 12.9. The molecule has 0 saturated heterocycles. The smallest absolute Gasteiger partial charge is 0.240 e. The van der Waals surface area contributed by atoms with Crippen molar-refractivity contribution >= 4 is 0 Å². The van der Waals surface area contributed by atoms with E-state index in [1.54, 1.807) is 0 Å². The number of hydrogen-bond acceptors (Lipinski definition) is 1. The van der Waals surface area contributed by atoms with Gasteiger partial charge in [0.2, 0.25) is 0 Å². The molecule has 0 radical (unpaired) electrons. The van der Waals surface area contributed by atoms with Crippen molar-refractivity contribution in [3.63, 3.8) is 0 Å². The lowest BCUT2D eigenvalue weighted by Crippen LogP contribution is -2.07. The van der Waals surface area contributed by atoms with Crippen LogP contribution in [0.4, 0.5) is 13.2 Å². The predicted octanol–water partition coefficient (Wildman–Crippen LogP) is 6.51. The van der Waals surface area contributed by atoms with Gasteiger partial charge in [-0.05, 0) is 60.7 Å². The van der Waals surface area contributed by atoms with Crippen molar-refractivity contribution in [1.29, 1.82) is 0 Å². The molecule has 0 amide bonds. The predicted molar refractivity (Wildman–Crippen MR) is 99.6 cm³/mol. The van der Waals surface area contributed by atoms with Crippen LogP contribution < -0.4 is 0 Å². The largest absolute Gasteiger partial charge is 0.435 e. The van der Waals surface area contributed by atoms with Crippen LogP contribution in [-0.2, 0) is 6.18 Å². The number of halogens is 3. The van der Waals surface area contributed by atoms with E-state index in [-0.39, 0.29) is 0 Å². The van der Waals surface area contributed by atoms with Gasteiger partial charge in [-0.25, -0.2) is 4.68 Å². The van der Waals surface area contributed by atoms with Crippen molar-refractivity contribution in [2.75, 3.05) is 0 Å². The second-order valence-corrected chi connectivity index (χ2v) is 5.94. The fourth-order valence-corrected chi connectivity index (χ4v) is 2.57. The molecule has 138 valence electrons. The highest BCUT2D eigenvalue weighted by atomic mass is 19.4. The van der Waals surface area contributed by atoms with Gasteiger partial charge >= 0.3 is 6.18 Å². The van der Waals surface area contributed by atoms with Crippen LogP contribution in [0.3, 0.4) is 0 Å². The first-order chi connectivity index (χ1) is 12.3. The van der Waals surface area contributed by atoms with E-state index in [2.05, 4.69) is 11.2 Å². The Morgan fingerprint density at radius 1 is 0.769 bits per heavy atom. The SMILES string of the molecule is CC.Cc1ccc(-c2ccc(C)c(-n3ccc(C(F)(F)F)n3)c2)cc1C. The van der Waals surface area contributed by atoms with E-state index < -0.39 is 11.9 Å². The Hall–Kier alpha value is -2.56. The molecule has 0 spiro atoms. The molecule has 0 unspecified atom stereocenters. The molecule has 1 aromatic heterocycles. The highest BCUT2D eigenvalue weighted by molar-refractivity contribution is 5.68. The van der Waals surface area contributed by atoms with E-state index >= 15 is 0 Å². The summed E-state index contributed by atoms with van der Waals surface area (Å²) < 4.78 is 39.6. The minimum atomic E-state index is -4.44. The molecule has 2 nitrogen and oxygen atoms in total. The van der Waals surface area contributed by atoms with Gasteiger partial charge in [-0.15, -0.1) is 0 Å². The summed E-state index contributed by atoms with van der Waals surface area (Å²) in [6.07, 6.45) is -3.10. The summed E-state index contributed by atoms with van der Waals surface area (Å²) in [5.41, 5.74) is 4.96. The van der Waals surface area contributed by atoms with Crippen molar-refractivity contribution in [1.82, 2.24) is 9.78 Å². The molecule has 26 heavy (non-hydrogen) atoms. The van der Waals surface area contributed by atoms with E-state index in [0.29, 0.717) is 5.69 Å². The molecule has 3 aromatic rings. The van der Waals surface area contributed by atoms with Gasteiger partial charge in [-0.2, -0.15) is 18.3 Å². The minimum Gasteiger partial charge on any atom is -0.240 e. The molecule has 1 heterocycles. The van der Waals surface area contributed by atoms with E-state index in [1.807, 2.05) is 65.0 Å². The molecular formula is C21H23F3N2. The third-order valence-electron chi connectivity index (χ3n) is 4.18. The summed E-state index contributed by atoms with van der Waals surface area (Å²) in [5, 5.41) is 3.67. The monoisotopic (exact) mass is 360 g/mol. The maximum absolute atomic E-state index is 12.8. The van der Waals surface area contributed by atoms with Crippen molar-refractivity contribution in [3.05, 3.63) is 71.0 Å². The fraction of sp³-hybridized carbons (Fsp3) is 0.286. The Morgan fingerprint density at radius 3 is 1.88 bits per heavy atom. The second kappa shape index (κ2) is 7.77. The van der Waals surface area contributed by atoms with Gasteiger partial charge in [0.05, 0.1) is 5.69 Å². The van der Waals surface area contributed by atoms with Gasteiger partial charge in [-0.3, -0.25) is 0 Å². The van der Waals surface area contributed by atoms with Crippen molar-refractivity contribution < 1.29 is 13.2 Å². The van der Waals surface area contributed by atoms with Crippen LogP contribution in [0.2, 0.25) is 0 Å². The molecular weight excluding hydrogens is 337 g/mol. The van der Waals surface area contributed by atoms with Crippen molar-refractivity contribution in [2.45, 2.75) is 40.8 Å². The van der Waals surface area contributed by atoms with Crippen LogP contribution in [-0.4, -0.2) is 9.78 Å². The summed E-state index contributed by atoms with van der Waals surface area (Å²) >= 11 is 0. The molecule has 5 heteroatoms. The first-order valence-corrected chi connectivity index (χ1v) is 8.57. The zero-order chi connectivity index (χ0) is 19.5. The number of alkyl halides is 3.